The number of aliphatic hydroxyl groups excluding tert-OH is 1. The number of amides is 2. The van der Waals surface area contributed by atoms with Crippen LogP contribution in [0, 0.1) is 5.92 Å². The molecule has 0 aromatic carbocycles. The Morgan fingerprint density at radius 2 is 2.07 bits per heavy atom. The molecular weight excluding hydrogens is 348 g/mol. The van der Waals surface area contributed by atoms with Gasteiger partial charge in [-0.15, -0.1) is 5.10 Å². The van der Waals surface area contributed by atoms with Gasteiger partial charge in [0.2, 0.25) is 11.8 Å². The van der Waals surface area contributed by atoms with Crippen LogP contribution in [0.1, 0.15) is 26.3 Å². The van der Waals surface area contributed by atoms with Crippen molar-refractivity contribution < 1.29 is 14.7 Å². The fourth-order valence-electron chi connectivity index (χ4n) is 3.39. The number of carbonyl (C=O) groups excluding carboxylic acids is 2. The van der Waals surface area contributed by atoms with Gasteiger partial charge in [-0.2, -0.15) is 0 Å². The van der Waals surface area contributed by atoms with Crippen molar-refractivity contribution in [3.8, 4) is 11.4 Å². The molecule has 144 valence electrons. The van der Waals surface area contributed by atoms with Crippen molar-refractivity contribution in [2.45, 2.75) is 38.5 Å². The molecule has 1 aliphatic heterocycles. The summed E-state index contributed by atoms with van der Waals surface area (Å²) >= 11 is 0. The van der Waals surface area contributed by atoms with Crippen LogP contribution in [-0.2, 0) is 9.59 Å². The zero-order valence-electron chi connectivity index (χ0n) is 15.6. The van der Waals surface area contributed by atoms with Crippen LogP contribution in [0.2, 0.25) is 0 Å². The van der Waals surface area contributed by atoms with E-state index in [-0.39, 0.29) is 30.7 Å². The molecule has 1 fully saturated rings. The van der Waals surface area contributed by atoms with E-state index in [4.69, 9.17) is 0 Å². The molecular formula is C18H24N6O3. The highest BCUT2D eigenvalue weighted by atomic mass is 16.3. The maximum atomic E-state index is 13.2. The lowest BCUT2D eigenvalue weighted by Crippen LogP contribution is -2.48. The van der Waals surface area contributed by atoms with Gasteiger partial charge in [-0.1, -0.05) is 25.1 Å². The summed E-state index contributed by atoms with van der Waals surface area (Å²) in [6.07, 6.45) is 2.86. The third kappa shape index (κ3) is 3.82. The smallest absolute Gasteiger partial charge is 0.248 e. The zero-order valence-corrected chi connectivity index (χ0v) is 15.6. The van der Waals surface area contributed by atoms with Crippen molar-refractivity contribution in [2.75, 3.05) is 13.6 Å². The Kier molecular flexibility index (Phi) is 5.50. The summed E-state index contributed by atoms with van der Waals surface area (Å²) in [5.41, 5.74) is 1.23. The SMILES string of the molecule is CNC(=O)[C@H]1CC(O)CN1C(=O)C(C(C)C)n1cc(-c2ccccn2)nn1. The van der Waals surface area contributed by atoms with Gasteiger partial charge in [-0.25, -0.2) is 4.68 Å². The molecule has 0 aliphatic carbocycles. The average Bonchev–Trinajstić information content (AvgIpc) is 3.28. The third-order valence-corrected chi connectivity index (χ3v) is 4.72. The molecule has 27 heavy (non-hydrogen) atoms. The fraction of sp³-hybridized carbons (Fsp3) is 0.500. The van der Waals surface area contributed by atoms with Crippen molar-refractivity contribution in [3.05, 3.63) is 30.6 Å². The lowest BCUT2D eigenvalue weighted by molar-refractivity contribution is -0.142. The van der Waals surface area contributed by atoms with Crippen LogP contribution in [0.4, 0.5) is 0 Å². The van der Waals surface area contributed by atoms with Gasteiger partial charge < -0.3 is 15.3 Å². The quantitative estimate of drug-likeness (QED) is 0.778. The van der Waals surface area contributed by atoms with Gasteiger partial charge in [0.15, 0.2) is 0 Å². The molecule has 0 saturated carbocycles. The van der Waals surface area contributed by atoms with Crippen molar-refractivity contribution in [1.82, 2.24) is 30.2 Å². The molecule has 1 saturated heterocycles. The summed E-state index contributed by atoms with van der Waals surface area (Å²) in [4.78, 5) is 31.1. The second-order valence-electron chi connectivity index (χ2n) is 7.00. The molecule has 9 heteroatoms. The second kappa shape index (κ2) is 7.83. The number of β-amino-alcohol motifs (C(OH)–C–C–N with tert-alkyl or cyclic N) is 1. The average molecular weight is 372 g/mol. The predicted octanol–water partition coefficient (Wildman–Crippen LogP) is 0.245. The first-order chi connectivity index (χ1) is 12.9. The maximum absolute atomic E-state index is 13.2. The minimum Gasteiger partial charge on any atom is -0.391 e. The number of likely N-dealkylation sites (tertiary alicyclic amines) is 1. The number of aromatic nitrogens is 4. The molecule has 2 unspecified atom stereocenters. The summed E-state index contributed by atoms with van der Waals surface area (Å²) in [5, 5.41) is 20.8. The molecule has 3 heterocycles. The van der Waals surface area contributed by atoms with Crippen LogP contribution in [0.5, 0.6) is 0 Å². The molecule has 0 radical (unpaired) electrons. The van der Waals surface area contributed by atoms with E-state index < -0.39 is 18.2 Å². The monoisotopic (exact) mass is 372 g/mol. The molecule has 2 aromatic heterocycles. The van der Waals surface area contributed by atoms with Crippen LogP contribution < -0.4 is 5.32 Å². The van der Waals surface area contributed by atoms with Gasteiger partial charge in [0.25, 0.3) is 0 Å². The summed E-state index contributed by atoms with van der Waals surface area (Å²) in [6.45, 7) is 3.94. The Morgan fingerprint density at radius 1 is 1.30 bits per heavy atom. The van der Waals surface area contributed by atoms with E-state index >= 15 is 0 Å². The molecule has 3 rings (SSSR count). The van der Waals surface area contributed by atoms with Gasteiger partial charge in [0.05, 0.1) is 18.0 Å². The number of rotatable bonds is 5. The number of pyridine rings is 1. The van der Waals surface area contributed by atoms with Gasteiger partial charge in [-0.05, 0) is 18.1 Å². The van der Waals surface area contributed by atoms with Crippen LogP contribution in [-0.4, -0.2) is 67.5 Å². The molecule has 2 aromatic rings. The van der Waals surface area contributed by atoms with Crippen LogP contribution in [0.25, 0.3) is 11.4 Å². The summed E-state index contributed by atoms with van der Waals surface area (Å²) in [7, 11) is 1.52. The molecule has 2 N–H and O–H groups in total. The Hall–Kier alpha value is -2.81. The maximum Gasteiger partial charge on any atom is 0.248 e. The fourth-order valence-corrected chi connectivity index (χ4v) is 3.39. The standard InChI is InChI=1S/C18H24N6O3/c1-11(2)16(18(27)23-9-12(25)8-15(23)17(26)19-3)24-10-14(21-22-24)13-6-4-5-7-20-13/h4-7,10-12,15-16,25H,8-9H2,1-3H3,(H,19,26)/t12?,15-,16?/m1/s1. The Bertz CT molecular complexity index is 806. The van der Waals surface area contributed by atoms with E-state index in [9.17, 15) is 14.7 Å². The second-order valence-corrected chi connectivity index (χ2v) is 7.00. The van der Waals surface area contributed by atoms with Crippen molar-refractivity contribution >= 4 is 11.8 Å². The lowest BCUT2D eigenvalue weighted by Gasteiger charge is -2.29. The molecule has 3 atom stereocenters. The predicted molar refractivity (Wildman–Crippen MR) is 97.3 cm³/mol. The Morgan fingerprint density at radius 3 is 2.70 bits per heavy atom. The van der Waals surface area contributed by atoms with Crippen molar-refractivity contribution in [1.29, 1.82) is 0 Å². The summed E-state index contributed by atoms with van der Waals surface area (Å²) < 4.78 is 1.52. The Balaban J connectivity index is 1.88. The largest absolute Gasteiger partial charge is 0.391 e. The number of nitrogens with zero attached hydrogens (tertiary/aromatic N) is 5. The lowest BCUT2D eigenvalue weighted by atomic mass is 10.0. The Labute approximate surface area is 157 Å². The topological polar surface area (TPSA) is 113 Å². The number of hydrogen-bond acceptors (Lipinski definition) is 6. The highest BCUT2D eigenvalue weighted by molar-refractivity contribution is 5.90. The number of hydrogen-bond donors (Lipinski definition) is 2. The third-order valence-electron chi connectivity index (χ3n) is 4.72. The number of likely N-dealkylation sites (N-methyl/N-ethyl adjacent to an activating group) is 1. The molecule has 0 spiro atoms. The van der Waals surface area contributed by atoms with Gasteiger partial charge in [0.1, 0.15) is 17.8 Å². The summed E-state index contributed by atoms with van der Waals surface area (Å²) in [5.74, 6) is -0.623. The molecule has 1 aliphatic rings. The molecule has 9 nitrogen and oxygen atoms in total. The normalized spacial score (nSPS) is 20.7. The van der Waals surface area contributed by atoms with E-state index in [1.165, 1.54) is 16.6 Å². The number of aliphatic hydroxyl groups is 1. The van der Waals surface area contributed by atoms with E-state index in [1.807, 2.05) is 32.0 Å². The van der Waals surface area contributed by atoms with Crippen LogP contribution in [0.3, 0.4) is 0 Å². The van der Waals surface area contributed by atoms with Crippen LogP contribution in [0.15, 0.2) is 30.6 Å². The minimum atomic E-state index is -0.719. The van der Waals surface area contributed by atoms with Crippen molar-refractivity contribution in [2.24, 2.45) is 5.92 Å². The van der Waals surface area contributed by atoms with Gasteiger partial charge in [-0.3, -0.25) is 14.6 Å². The highest BCUT2D eigenvalue weighted by Gasteiger charge is 2.42. The van der Waals surface area contributed by atoms with E-state index in [0.717, 1.165) is 0 Å². The van der Waals surface area contributed by atoms with Crippen molar-refractivity contribution in [3.63, 3.8) is 0 Å². The number of nitrogens with one attached hydrogen (secondary N) is 1. The number of carbonyl (C=O) groups is 2. The molecule has 0 bridgehead atoms. The zero-order chi connectivity index (χ0) is 19.6. The molecule has 2 amide bonds. The highest BCUT2D eigenvalue weighted by Crippen LogP contribution is 2.27. The minimum absolute atomic E-state index is 0.0844. The van der Waals surface area contributed by atoms with E-state index in [2.05, 4.69) is 20.6 Å². The van der Waals surface area contributed by atoms with E-state index in [0.29, 0.717) is 11.4 Å². The summed E-state index contributed by atoms with van der Waals surface area (Å²) in [6, 6.07) is 4.17. The van der Waals surface area contributed by atoms with Crippen LogP contribution >= 0.6 is 0 Å². The van der Waals surface area contributed by atoms with Gasteiger partial charge in [0, 0.05) is 26.2 Å². The first-order valence-electron chi connectivity index (χ1n) is 8.95. The first kappa shape index (κ1) is 19.0. The van der Waals surface area contributed by atoms with Gasteiger partial charge >= 0.3 is 0 Å². The first-order valence-corrected chi connectivity index (χ1v) is 8.95. The van der Waals surface area contributed by atoms with E-state index in [1.54, 1.807) is 12.4 Å².